The zero-order valence-corrected chi connectivity index (χ0v) is 12.6. The summed E-state index contributed by atoms with van der Waals surface area (Å²) in [5.41, 5.74) is 0.323. The molecule has 1 aromatic carbocycles. The summed E-state index contributed by atoms with van der Waals surface area (Å²) in [6.07, 6.45) is 0.400. The number of rotatable bonds is 5. The van der Waals surface area contributed by atoms with Gasteiger partial charge in [0.1, 0.15) is 6.61 Å². The Morgan fingerprint density at radius 1 is 1.52 bits per heavy atom. The summed E-state index contributed by atoms with van der Waals surface area (Å²) < 4.78 is 5.54. The van der Waals surface area contributed by atoms with Crippen LogP contribution in [-0.4, -0.2) is 40.6 Å². The van der Waals surface area contributed by atoms with Gasteiger partial charge >= 0.3 is 5.97 Å². The summed E-state index contributed by atoms with van der Waals surface area (Å²) in [5.74, 6) is -0.958. The van der Waals surface area contributed by atoms with Crippen LogP contribution in [0, 0.1) is 0 Å². The lowest BCUT2D eigenvalue weighted by atomic mass is 9.97. The molecule has 1 heterocycles. The van der Waals surface area contributed by atoms with Crippen molar-refractivity contribution in [2.24, 2.45) is 0 Å². The number of carboxylic acids is 1. The second-order valence-corrected chi connectivity index (χ2v) is 5.95. The molecule has 2 rings (SSSR count). The molecular weight excluding hydrogens is 294 g/mol. The number of carbonyl (C=O) groups excluding carboxylic acids is 1. The number of halogens is 1. The maximum absolute atomic E-state index is 12.0. The van der Waals surface area contributed by atoms with E-state index in [1.54, 1.807) is 11.0 Å². The highest BCUT2D eigenvalue weighted by atomic mass is 35.5. The minimum absolute atomic E-state index is 0.0172. The van der Waals surface area contributed by atoms with Crippen molar-refractivity contribution in [3.63, 3.8) is 0 Å². The van der Waals surface area contributed by atoms with E-state index in [0.29, 0.717) is 24.5 Å². The molecule has 114 valence electrons. The second-order valence-electron chi connectivity index (χ2n) is 5.51. The number of hydrogen-bond acceptors (Lipinski definition) is 3. The molecule has 6 heteroatoms. The summed E-state index contributed by atoms with van der Waals surface area (Å²) in [6.45, 7) is 2.65. The standard InChI is InChI=1S/C15H18ClNO4/c1-15(6-5-14(19)20)10-17(13(18)9-21-15)8-11-3-2-4-12(16)7-11/h2-4,7H,5-6,8-10H2,1H3,(H,19,20). The highest BCUT2D eigenvalue weighted by molar-refractivity contribution is 6.30. The number of morpholine rings is 1. The van der Waals surface area contributed by atoms with E-state index in [1.165, 1.54) is 0 Å². The fourth-order valence-corrected chi connectivity index (χ4v) is 2.60. The van der Waals surface area contributed by atoms with Crippen molar-refractivity contribution in [1.29, 1.82) is 0 Å². The molecule has 1 aliphatic rings. The van der Waals surface area contributed by atoms with Gasteiger partial charge in [-0.15, -0.1) is 0 Å². The number of aliphatic carboxylic acids is 1. The molecule has 1 aromatic rings. The molecule has 0 spiro atoms. The highest BCUT2D eigenvalue weighted by Crippen LogP contribution is 2.25. The molecule has 1 fully saturated rings. The van der Waals surface area contributed by atoms with E-state index >= 15 is 0 Å². The largest absolute Gasteiger partial charge is 0.481 e. The average Bonchev–Trinajstić information content (AvgIpc) is 2.41. The van der Waals surface area contributed by atoms with Gasteiger partial charge < -0.3 is 14.7 Å². The Morgan fingerprint density at radius 2 is 2.29 bits per heavy atom. The van der Waals surface area contributed by atoms with E-state index in [9.17, 15) is 9.59 Å². The maximum Gasteiger partial charge on any atom is 0.303 e. The summed E-state index contributed by atoms with van der Waals surface area (Å²) in [5, 5.41) is 9.42. The smallest absolute Gasteiger partial charge is 0.303 e. The van der Waals surface area contributed by atoms with Crippen LogP contribution in [0.2, 0.25) is 5.02 Å². The zero-order chi connectivity index (χ0) is 15.5. The van der Waals surface area contributed by atoms with Crippen molar-refractivity contribution in [2.75, 3.05) is 13.2 Å². The van der Waals surface area contributed by atoms with Gasteiger partial charge in [-0.3, -0.25) is 9.59 Å². The summed E-state index contributed by atoms with van der Waals surface area (Å²) in [4.78, 5) is 24.4. The van der Waals surface area contributed by atoms with Crippen LogP contribution in [0.25, 0.3) is 0 Å². The Bertz CT molecular complexity index is 548. The summed E-state index contributed by atoms with van der Waals surface area (Å²) >= 11 is 5.95. The van der Waals surface area contributed by atoms with Crippen LogP contribution in [-0.2, 0) is 20.9 Å². The van der Waals surface area contributed by atoms with Gasteiger partial charge in [-0.2, -0.15) is 0 Å². The number of amides is 1. The molecular formula is C15H18ClNO4. The maximum atomic E-state index is 12.0. The van der Waals surface area contributed by atoms with E-state index in [4.69, 9.17) is 21.4 Å². The van der Waals surface area contributed by atoms with Crippen molar-refractivity contribution in [2.45, 2.75) is 31.9 Å². The van der Waals surface area contributed by atoms with Gasteiger partial charge in [0.05, 0.1) is 5.60 Å². The number of carboxylic acid groups (broad SMARTS) is 1. The van der Waals surface area contributed by atoms with Crippen LogP contribution >= 0.6 is 11.6 Å². The third-order valence-electron chi connectivity index (χ3n) is 3.55. The normalized spacial score (nSPS) is 22.4. The molecule has 0 aromatic heterocycles. The van der Waals surface area contributed by atoms with Crippen molar-refractivity contribution >= 4 is 23.5 Å². The quantitative estimate of drug-likeness (QED) is 0.906. The van der Waals surface area contributed by atoms with Crippen LogP contribution in [0.5, 0.6) is 0 Å². The minimum Gasteiger partial charge on any atom is -0.481 e. The molecule has 21 heavy (non-hydrogen) atoms. The predicted octanol–water partition coefficient (Wildman–Crippen LogP) is 2.32. The van der Waals surface area contributed by atoms with Gasteiger partial charge in [0.15, 0.2) is 0 Å². The van der Waals surface area contributed by atoms with Crippen LogP contribution < -0.4 is 0 Å². The number of hydrogen-bond donors (Lipinski definition) is 1. The van der Waals surface area contributed by atoms with Gasteiger partial charge in [-0.05, 0) is 31.0 Å². The second kappa shape index (κ2) is 6.45. The van der Waals surface area contributed by atoms with Crippen LogP contribution in [0.1, 0.15) is 25.3 Å². The lowest BCUT2D eigenvalue weighted by Gasteiger charge is -2.40. The molecule has 0 saturated carbocycles. The lowest BCUT2D eigenvalue weighted by Crippen LogP contribution is -2.52. The number of carbonyl (C=O) groups is 2. The summed E-state index contributed by atoms with van der Waals surface area (Å²) in [6, 6.07) is 7.34. The van der Waals surface area contributed by atoms with Crippen molar-refractivity contribution in [1.82, 2.24) is 4.90 Å². The third kappa shape index (κ3) is 4.44. The van der Waals surface area contributed by atoms with Crippen LogP contribution in [0.4, 0.5) is 0 Å². The van der Waals surface area contributed by atoms with E-state index in [2.05, 4.69) is 0 Å². The fourth-order valence-electron chi connectivity index (χ4n) is 2.39. The first-order valence-corrected chi connectivity index (χ1v) is 7.14. The van der Waals surface area contributed by atoms with Gasteiger partial charge in [-0.1, -0.05) is 23.7 Å². The van der Waals surface area contributed by atoms with Crippen molar-refractivity contribution in [3.8, 4) is 0 Å². The van der Waals surface area contributed by atoms with E-state index < -0.39 is 11.6 Å². The van der Waals surface area contributed by atoms with Gasteiger partial charge in [-0.25, -0.2) is 0 Å². The highest BCUT2D eigenvalue weighted by Gasteiger charge is 2.36. The molecule has 1 atom stereocenters. The molecule has 0 bridgehead atoms. The first kappa shape index (κ1) is 15.8. The van der Waals surface area contributed by atoms with Gasteiger partial charge in [0, 0.05) is 24.5 Å². The average molecular weight is 312 g/mol. The molecule has 0 radical (unpaired) electrons. The Kier molecular flexibility index (Phi) is 4.85. The Labute approximate surface area is 128 Å². The molecule has 1 unspecified atom stereocenters. The minimum atomic E-state index is -0.863. The molecule has 0 aliphatic carbocycles. The first-order valence-electron chi connectivity index (χ1n) is 6.76. The number of nitrogens with zero attached hydrogens (tertiary/aromatic N) is 1. The van der Waals surface area contributed by atoms with E-state index in [-0.39, 0.29) is 18.9 Å². The van der Waals surface area contributed by atoms with Crippen LogP contribution in [0.3, 0.4) is 0 Å². The third-order valence-corrected chi connectivity index (χ3v) is 3.79. The van der Waals surface area contributed by atoms with Gasteiger partial charge in [0.25, 0.3) is 0 Å². The van der Waals surface area contributed by atoms with Crippen LogP contribution in [0.15, 0.2) is 24.3 Å². The number of ether oxygens (including phenoxy) is 1. The van der Waals surface area contributed by atoms with Crippen molar-refractivity contribution < 1.29 is 19.4 Å². The van der Waals surface area contributed by atoms with Crippen molar-refractivity contribution in [3.05, 3.63) is 34.9 Å². The zero-order valence-electron chi connectivity index (χ0n) is 11.8. The Morgan fingerprint density at radius 3 is 2.95 bits per heavy atom. The Hall–Kier alpha value is -1.59. The number of benzene rings is 1. The molecule has 1 amide bonds. The summed E-state index contributed by atoms with van der Waals surface area (Å²) in [7, 11) is 0. The van der Waals surface area contributed by atoms with Gasteiger partial charge in [0.2, 0.25) is 5.91 Å². The fraction of sp³-hybridized carbons (Fsp3) is 0.467. The first-order chi connectivity index (χ1) is 9.88. The SMILES string of the molecule is CC1(CCC(=O)O)CN(Cc2cccc(Cl)c2)C(=O)CO1. The van der Waals surface area contributed by atoms with E-state index in [1.807, 2.05) is 25.1 Å². The molecule has 1 N–H and O–H groups in total. The topological polar surface area (TPSA) is 66.8 Å². The Balaban J connectivity index is 2.04. The molecule has 1 aliphatic heterocycles. The lowest BCUT2D eigenvalue weighted by molar-refractivity contribution is -0.164. The predicted molar refractivity (Wildman–Crippen MR) is 78.1 cm³/mol. The molecule has 1 saturated heterocycles. The van der Waals surface area contributed by atoms with E-state index in [0.717, 1.165) is 5.56 Å². The molecule has 5 nitrogen and oxygen atoms in total. The monoisotopic (exact) mass is 311 g/mol.